The van der Waals surface area contributed by atoms with Crippen LogP contribution in [0.5, 0.6) is 5.75 Å². The number of hydrogen-bond donors (Lipinski definition) is 2. The molecule has 1 heterocycles. The van der Waals surface area contributed by atoms with Crippen molar-refractivity contribution in [1.29, 1.82) is 0 Å². The Hall–Kier alpha value is -1.28. The van der Waals surface area contributed by atoms with Crippen molar-refractivity contribution in [2.45, 2.75) is 6.18 Å². The second-order valence-electron chi connectivity index (χ2n) is 2.65. The SMILES string of the molecule is COc1c(B(O)O)ccnc1C(F)(F)F. The van der Waals surface area contributed by atoms with Crippen LogP contribution in [-0.4, -0.2) is 29.3 Å². The Bertz CT molecular complexity index is 356. The molecule has 0 amide bonds. The zero-order valence-corrected chi connectivity index (χ0v) is 7.62. The summed E-state index contributed by atoms with van der Waals surface area (Å²) in [5.74, 6) is -0.681. The average molecular weight is 221 g/mol. The Morgan fingerprint density at radius 3 is 2.40 bits per heavy atom. The van der Waals surface area contributed by atoms with Crippen LogP contribution in [0.3, 0.4) is 0 Å². The molecule has 0 aliphatic carbocycles. The molecule has 0 radical (unpaired) electrons. The van der Waals surface area contributed by atoms with Crippen LogP contribution in [0.1, 0.15) is 5.69 Å². The van der Waals surface area contributed by atoms with Crippen LogP contribution in [0.4, 0.5) is 13.2 Å². The fourth-order valence-corrected chi connectivity index (χ4v) is 1.08. The fourth-order valence-electron chi connectivity index (χ4n) is 1.08. The summed E-state index contributed by atoms with van der Waals surface area (Å²) in [4.78, 5) is 3.09. The summed E-state index contributed by atoms with van der Waals surface area (Å²) in [7, 11) is -1.04. The first-order valence-electron chi connectivity index (χ1n) is 3.84. The maximum Gasteiger partial charge on any atom is 0.492 e. The Morgan fingerprint density at radius 2 is 2.00 bits per heavy atom. The van der Waals surface area contributed by atoms with Crippen molar-refractivity contribution in [3.05, 3.63) is 18.0 Å². The zero-order chi connectivity index (χ0) is 11.6. The molecule has 2 N–H and O–H groups in total. The summed E-state index contributed by atoms with van der Waals surface area (Å²) in [6, 6.07) is 1.04. The van der Waals surface area contributed by atoms with E-state index in [0.717, 1.165) is 19.4 Å². The van der Waals surface area contributed by atoms with Crippen LogP contribution in [0.2, 0.25) is 0 Å². The lowest BCUT2D eigenvalue weighted by Crippen LogP contribution is -2.33. The van der Waals surface area contributed by atoms with E-state index in [9.17, 15) is 13.2 Å². The predicted octanol–water partition coefficient (Wildman–Crippen LogP) is -0.211. The summed E-state index contributed by atoms with van der Waals surface area (Å²) >= 11 is 0. The standard InChI is InChI=1S/C7H7BF3NO3/c1-15-5-4(8(13)14)2-3-12-6(5)7(9,10)11/h2-3,13-14H,1H3. The topological polar surface area (TPSA) is 62.6 Å². The van der Waals surface area contributed by atoms with E-state index in [0.29, 0.717) is 0 Å². The average Bonchev–Trinajstić information content (AvgIpc) is 2.15. The van der Waals surface area contributed by atoms with Gasteiger partial charge in [0.15, 0.2) is 5.69 Å². The van der Waals surface area contributed by atoms with Gasteiger partial charge in [0.1, 0.15) is 5.75 Å². The van der Waals surface area contributed by atoms with Gasteiger partial charge in [-0.25, -0.2) is 4.98 Å². The molecule has 1 aromatic rings. The van der Waals surface area contributed by atoms with E-state index < -0.39 is 24.7 Å². The van der Waals surface area contributed by atoms with Crippen LogP contribution in [0, 0.1) is 0 Å². The highest BCUT2D eigenvalue weighted by Crippen LogP contribution is 2.33. The number of ether oxygens (including phenoxy) is 1. The minimum absolute atomic E-state index is 0.375. The van der Waals surface area contributed by atoms with Crippen molar-refractivity contribution in [3.63, 3.8) is 0 Å². The van der Waals surface area contributed by atoms with Crippen LogP contribution >= 0.6 is 0 Å². The number of nitrogens with zero attached hydrogens (tertiary/aromatic N) is 1. The smallest absolute Gasteiger partial charge is 0.492 e. The van der Waals surface area contributed by atoms with E-state index >= 15 is 0 Å². The van der Waals surface area contributed by atoms with Crippen molar-refractivity contribution in [2.75, 3.05) is 7.11 Å². The lowest BCUT2D eigenvalue weighted by atomic mass is 9.79. The minimum Gasteiger partial charge on any atom is -0.495 e. The molecule has 0 saturated heterocycles. The number of methoxy groups -OCH3 is 1. The normalized spacial score (nSPS) is 11.3. The molecule has 4 nitrogen and oxygen atoms in total. The quantitative estimate of drug-likeness (QED) is 0.678. The predicted molar refractivity (Wildman–Crippen MR) is 45.6 cm³/mol. The van der Waals surface area contributed by atoms with Crippen LogP contribution in [0.25, 0.3) is 0 Å². The second-order valence-corrected chi connectivity index (χ2v) is 2.65. The van der Waals surface area contributed by atoms with Crippen molar-refractivity contribution >= 4 is 12.6 Å². The van der Waals surface area contributed by atoms with Gasteiger partial charge >= 0.3 is 13.3 Å². The molecule has 0 bridgehead atoms. The molecule has 0 fully saturated rings. The number of rotatable bonds is 2. The van der Waals surface area contributed by atoms with Crippen LogP contribution in [-0.2, 0) is 6.18 Å². The molecule has 8 heteroatoms. The summed E-state index contributed by atoms with van der Waals surface area (Å²) in [6.45, 7) is 0. The Morgan fingerprint density at radius 1 is 1.40 bits per heavy atom. The molecule has 0 aromatic carbocycles. The van der Waals surface area contributed by atoms with Crippen molar-refractivity contribution in [3.8, 4) is 5.75 Å². The summed E-state index contributed by atoms with van der Waals surface area (Å²) in [5.41, 5.74) is -1.66. The van der Waals surface area contributed by atoms with E-state index in [4.69, 9.17) is 10.0 Å². The molecule has 82 valence electrons. The summed E-state index contributed by atoms with van der Waals surface area (Å²) < 4.78 is 41.6. The van der Waals surface area contributed by atoms with Gasteiger partial charge in [0, 0.05) is 11.7 Å². The first-order valence-corrected chi connectivity index (χ1v) is 3.84. The Kier molecular flexibility index (Phi) is 3.20. The van der Waals surface area contributed by atoms with Gasteiger partial charge in [0.25, 0.3) is 0 Å². The van der Waals surface area contributed by atoms with Gasteiger partial charge in [-0.15, -0.1) is 0 Å². The lowest BCUT2D eigenvalue weighted by Gasteiger charge is -2.13. The molecule has 0 unspecified atom stereocenters. The van der Waals surface area contributed by atoms with Crippen LogP contribution in [0.15, 0.2) is 12.3 Å². The van der Waals surface area contributed by atoms with Gasteiger partial charge in [-0.1, -0.05) is 0 Å². The third-order valence-electron chi connectivity index (χ3n) is 1.69. The number of halogens is 3. The van der Waals surface area contributed by atoms with Crippen molar-refractivity contribution in [2.24, 2.45) is 0 Å². The minimum atomic E-state index is -4.70. The highest BCUT2D eigenvalue weighted by atomic mass is 19.4. The number of hydrogen-bond acceptors (Lipinski definition) is 4. The van der Waals surface area contributed by atoms with Gasteiger partial charge in [0.2, 0.25) is 0 Å². The molecule has 1 rings (SSSR count). The van der Waals surface area contributed by atoms with Gasteiger partial charge < -0.3 is 14.8 Å². The van der Waals surface area contributed by atoms with E-state index in [1.165, 1.54) is 0 Å². The van der Waals surface area contributed by atoms with Gasteiger partial charge in [-0.3, -0.25) is 0 Å². The van der Waals surface area contributed by atoms with Gasteiger partial charge in [-0.2, -0.15) is 13.2 Å². The monoisotopic (exact) mass is 221 g/mol. The molecule has 15 heavy (non-hydrogen) atoms. The maximum absolute atomic E-state index is 12.4. The molecule has 1 aromatic heterocycles. The fraction of sp³-hybridized carbons (Fsp3) is 0.286. The van der Waals surface area contributed by atoms with Gasteiger partial charge in [-0.05, 0) is 6.07 Å². The first kappa shape index (κ1) is 11.8. The summed E-state index contributed by atoms with van der Waals surface area (Å²) in [6.07, 6.45) is -3.86. The van der Waals surface area contributed by atoms with Crippen molar-refractivity contribution in [1.82, 2.24) is 4.98 Å². The molecule has 0 aliphatic rings. The third-order valence-corrected chi connectivity index (χ3v) is 1.69. The maximum atomic E-state index is 12.4. The molecular formula is C7H7BF3NO3. The number of aromatic nitrogens is 1. The molecule has 0 aliphatic heterocycles. The van der Waals surface area contributed by atoms with E-state index in [-0.39, 0.29) is 5.46 Å². The molecular weight excluding hydrogens is 214 g/mol. The highest BCUT2D eigenvalue weighted by molar-refractivity contribution is 6.59. The highest BCUT2D eigenvalue weighted by Gasteiger charge is 2.38. The third kappa shape index (κ3) is 2.39. The van der Waals surface area contributed by atoms with Crippen molar-refractivity contribution < 1.29 is 28.0 Å². The number of pyridine rings is 1. The first-order chi connectivity index (χ1) is 6.88. The molecule has 0 atom stereocenters. The van der Waals surface area contributed by atoms with E-state index in [2.05, 4.69) is 9.72 Å². The molecule has 0 saturated carbocycles. The Balaban J connectivity index is 3.35. The number of alkyl halides is 3. The summed E-state index contributed by atoms with van der Waals surface area (Å²) in [5, 5.41) is 17.6. The lowest BCUT2D eigenvalue weighted by molar-refractivity contribution is -0.142. The zero-order valence-electron chi connectivity index (χ0n) is 7.62. The second kappa shape index (κ2) is 4.07. The largest absolute Gasteiger partial charge is 0.495 e. The van der Waals surface area contributed by atoms with Gasteiger partial charge in [0.05, 0.1) is 7.11 Å². The Labute approximate surface area is 83.5 Å². The van der Waals surface area contributed by atoms with E-state index in [1.54, 1.807) is 0 Å². The van der Waals surface area contributed by atoms with Crippen LogP contribution < -0.4 is 10.2 Å². The molecule has 0 spiro atoms. The van der Waals surface area contributed by atoms with E-state index in [1.807, 2.05) is 0 Å².